The Balaban J connectivity index is 1.35. The van der Waals surface area contributed by atoms with E-state index in [0.29, 0.717) is 10.6 Å². The van der Waals surface area contributed by atoms with Crippen molar-refractivity contribution in [2.45, 2.75) is 6.42 Å². The second kappa shape index (κ2) is 9.14. The maximum Gasteiger partial charge on any atom is 0.262 e. The van der Waals surface area contributed by atoms with Crippen molar-refractivity contribution in [3.8, 4) is 11.5 Å². The number of hydrogen-bond acceptors (Lipinski definition) is 6. The Bertz CT molecular complexity index is 1250. The van der Waals surface area contributed by atoms with Crippen LogP contribution in [-0.2, 0) is 14.4 Å². The van der Waals surface area contributed by atoms with E-state index in [4.69, 9.17) is 21.1 Å². The topological polar surface area (TPSA) is 97.3 Å². The number of rotatable bonds is 7. The number of imide groups is 1. The first-order valence-corrected chi connectivity index (χ1v) is 11.4. The first-order chi connectivity index (χ1) is 16.9. The van der Waals surface area contributed by atoms with Crippen molar-refractivity contribution in [3.63, 3.8) is 0 Å². The summed E-state index contributed by atoms with van der Waals surface area (Å²) in [4.78, 5) is 38.1. The molecule has 5 rings (SSSR count). The predicted octanol–water partition coefficient (Wildman–Crippen LogP) is 3.65. The molecule has 3 aliphatic rings. The Hall–Kier alpha value is -3.72. The fourth-order valence-corrected chi connectivity index (χ4v) is 5.21. The minimum atomic E-state index is -0.601. The van der Waals surface area contributed by atoms with Gasteiger partial charge in [0.15, 0.2) is 18.1 Å². The Morgan fingerprint density at radius 3 is 2.54 bits per heavy atom. The molecule has 35 heavy (non-hydrogen) atoms. The van der Waals surface area contributed by atoms with E-state index in [1.807, 2.05) is 12.2 Å². The van der Waals surface area contributed by atoms with Crippen LogP contribution in [0.25, 0.3) is 0 Å². The van der Waals surface area contributed by atoms with Crippen molar-refractivity contribution >= 4 is 41.2 Å². The molecule has 2 fully saturated rings. The Kier molecular flexibility index (Phi) is 6.02. The fraction of sp³-hybridized carbons (Fsp3) is 0.280. The summed E-state index contributed by atoms with van der Waals surface area (Å²) in [5.74, 6) is -2.09. The van der Waals surface area contributed by atoms with Gasteiger partial charge in [0.25, 0.3) is 17.7 Å². The van der Waals surface area contributed by atoms with E-state index < -0.39 is 18.3 Å². The van der Waals surface area contributed by atoms with E-state index in [0.717, 1.165) is 11.4 Å². The van der Waals surface area contributed by atoms with Crippen LogP contribution in [0.5, 0.6) is 11.5 Å². The average molecular weight is 498 g/mol. The number of fused-ring (bicyclic) bond motifs is 5. The number of methoxy groups -OCH3 is 1. The summed E-state index contributed by atoms with van der Waals surface area (Å²) >= 11 is 6.19. The van der Waals surface area contributed by atoms with Gasteiger partial charge in [0.05, 0.1) is 30.8 Å². The lowest BCUT2D eigenvalue weighted by atomic mass is 9.85. The molecule has 2 aliphatic carbocycles. The molecule has 1 saturated heterocycles. The lowest BCUT2D eigenvalue weighted by molar-refractivity contribution is -0.140. The third kappa shape index (κ3) is 4.16. The Labute approximate surface area is 205 Å². The van der Waals surface area contributed by atoms with Crippen LogP contribution in [0.4, 0.5) is 10.1 Å². The van der Waals surface area contributed by atoms with Crippen LogP contribution in [0.1, 0.15) is 12.0 Å². The van der Waals surface area contributed by atoms with Gasteiger partial charge in [-0.2, -0.15) is 10.1 Å². The van der Waals surface area contributed by atoms with Gasteiger partial charge in [-0.05, 0) is 36.5 Å². The van der Waals surface area contributed by atoms with E-state index in [1.165, 1.54) is 43.7 Å². The van der Waals surface area contributed by atoms with Crippen molar-refractivity contribution in [1.82, 2.24) is 5.01 Å². The highest BCUT2D eigenvalue weighted by Crippen LogP contribution is 2.52. The van der Waals surface area contributed by atoms with Gasteiger partial charge >= 0.3 is 0 Å². The van der Waals surface area contributed by atoms with Crippen LogP contribution in [0.15, 0.2) is 53.7 Å². The van der Waals surface area contributed by atoms with E-state index in [-0.39, 0.29) is 52.7 Å². The number of allylic oxidation sites excluding steroid dienone is 2. The molecule has 8 nitrogen and oxygen atoms in total. The third-order valence-corrected chi connectivity index (χ3v) is 6.74. The minimum absolute atomic E-state index is 0.0195. The molecular formula is C25H21ClFN3O5. The monoisotopic (exact) mass is 497 g/mol. The number of nitrogens with zero attached hydrogens (tertiary/aromatic N) is 2. The zero-order chi connectivity index (χ0) is 24.7. The van der Waals surface area contributed by atoms with Crippen molar-refractivity contribution < 1.29 is 28.2 Å². The summed E-state index contributed by atoms with van der Waals surface area (Å²) in [6.07, 6.45) is 6.11. The van der Waals surface area contributed by atoms with Gasteiger partial charge in [-0.3, -0.25) is 14.4 Å². The summed E-state index contributed by atoms with van der Waals surface area (Å²) < 4.78 is 24.8. The molecule has 1 heterocycles. The molecule has 0 spiro atoms. The molecule has 0 radical (unpaired) electrons. The minimum Gasteiger partial charge on any atom is -0.493 e. The zero-order valence-electron chi connectivity index (χ0n) is 18.6. The molecule has 1 saturated carbocycles. The van der Waals surface area contributed by atoms with Crippen LogP contribution in [0.3, 0.4) is 0 Å². The number of hydrogen-bond donors (Lipinski definition) is 1. The lowest BCUT2D eigenvalue weighted by Crippen LogP contribution is -2.28. The molecule has 4 unspecified atom stereocenters. The molecule has 1 aliphatic heterocycles. The quantitative estimate of drug-likeness (QED) is 0.358. The molecule has 2 aromatic rings. The van der Waals surface area contributed by atoms with Gasteiger partial charge in [-0.1, -0.05) is 35.9 Å². The van der Waals surface area contributed by atoms with Crippen molar-refractivity contribution in [1.29, 1.82) is 0 Å². The fourth-order valence-electron chi connectivity index (χ4n) is 5.00. The number of carbonyl (C=O) groups is 3. The third-order valence-electron chi connectivity index (χ3n) is 6.52. The average Bonchev–Trinajstić information content (AvgIpc) is 3.52. The normalized spacial score (nSPS) is 24.4. The second-order valence-corrected chi connectivity index (χ2v) is 9.01. The molecule has 180 valence electrons. The predicted molar refractivity (Wildman–Crippen MR) is 126 cm³/mol. The number of amides is 3. The summed E-state index contributed by atoms with van der Waals surface area (Å²) in [5, 5.41) is 7.79. The number of nitrogens with one attached hydrogen (secondary N) is 1. The van der Waals surface area contributed by atoms with Crippen LogP contribution >= 0.6 is 11.6 Å². The maximum absolute atomic E-state index is 13.8. The number of benzene rings is 2. The van der Waals surface area contributed by atoms with Gasteiger partial charge in [-0.25, -0.2) is 4.39 Å². The largest absolute Gasteiger partial charge is 0.493 e. The number of para-hydroxylation sites is 1. The Morgan fingerprint density at radius 1 is 1.20 bits per heavy atom. The number of ether oxygens (including phenoxy) is 2. The lowest BCUT2D eigenvalue weighted by Gasteiger charge is -2.15. The van der Waals surface area contributed by atoms with Crippen LogP contribution in [0, 0.1) is 29.5 Å². The standard InChI is InChI=1S/C25H21ClFN3O5/c1-34-19-10-16(26)9-15(23(19)35-12-20(31)29-18-5-3-2-4-17(18)27)11-28-30-24(32)21-13-6-7-14(8-13)22(21)25(30)33/h2-7,9-11,13-14,21-22H,8,12H2,1H3,(H,29,31). The van der Waals surface area contributed by atoms with E-state index in [9.17, 15) is 18.8 Å². The molecule has 10 heteroatoms. The van der Waals surface area contributed by atoms with Gasteiger partial charge in [0.1, 0.15) is 5.82 Å². The van der Waals surface area contributed by atoms with Crippen LogP contribution in [0.2, 0.25) is 5.02 Å². The number of hydrazone groups is 1. The van der Waals surface area contributed by atoms with Gasteiger partial charge < -0.3 is 14.8 Å². The SMILES string of the molecule is COc1cc(Cl)cc(C=NN2C(=O)C3C4C=CC(C4)C3C2=O)c1OCC(=O)Nc1ccccc1F. The van der Waals surface area contributed by atoms with Crippen molar-refractivity contribution in [3.05, 3.63) is 65.0 Å². The number of halogens is 2. The van der Waals surface area contributed by atoms with E-state index >= 15 is 0 Å². The van der Waals surface area contributed by atoms with Gasteiger partial charge in [-0.15, -0.1) is 0 Å². The summed E-state index contributed by atoms with van der Waals surface area (Å²) in [6, 6.07) is 8.75. The maximum atomic E-state index is 13.8. The smallest absolute Gasteiger partial charge is 0.262 e. The molecule has 2 aromatic carbocycles. The molecule has 2 bridgehead atoms. The summed E-state index contributed by atoms with van der Waals surface area (Å²) in [5.41, 5.74) is 0.317. The zero-order valence-corrected chi connectivity index (χ0v) is 19.4. The highest BCUT2D eigenvalue weighted by Gasteiger charge is 2.59. The summed E-state index contributed by atoms with van der Waals surface area (Å²) in [7, 11) is 1.40. The van der Waals surface area contributed by atoms with Gasteiger partial charge in [0, 0.05) is 16.7 Å². The summed E-state index contributed by atoms with van der Waals surface area (Å²) in [6.45, 7) is -0.464. The van der Waals surface area contributed by atoms with Gasteiger partial charge in [0.2, 0.25) is 0 Å². The van der Waals surface area contributed by atoms with E-state index in [1.54, 1.807) is 6.07 Å². The first kappa shape index (κ1) is 23.0. The van der Waals surface area contributed by atoms with Crippen LogP contribution < -0.4 is 14.8 Å². The van der Waals surface area contributed by atoms with Crippen molar-refractivity contribution in [2.24, 2.45) is 28.8 Å². The Morgan fingerprint density at radius 2 is 1.89 bits per heavy atom. The first-order valence-electron chi connectivity index (χ1n) is 11.0. The molecule has 3 amide bonds. The van der Waals surface area contributed by atoms with Crippen molar-refractivity contribution in [2.75, 3.05) is 19.0 Å². The molecule has 0 aromatic heterocycles. The second-order valence-electron chi connectivity index (χ2n) is 8.58. The highest BCUT2D eigenvalue weighted by molar-refractivity contribution is 6.31. The molecule has 1 N–H and O–H groups in total. The molecular weight excluding hydrogens is 477 g/mol. The highest BCUT2D eigenvalue weighted by atomic mass is 35.5. The number of anilines is 1. The van der Waals surface area contributed by atoms with Crippen LogP contribution in [-0.4, -0.2) is 42.7 Å². The van der Waals surface area contributed by atoms with E-state index in [2.05, 4.69) is 10.4 Å². The molecule has 4 atom stereocenters. The number of carbonyl (C=O) groups excluding carboxylic acids is 3.